The van der Waals surface area contributed by atoms with E-state index in [0.717, 1.165) is 11.3 Å². The van der Waals surface area contributed by atoms with E-state index in [1.54, 1.807) is 48.1 Å². The van der Waals surface area contributed by atoms with Gasteiger partial charge in [0.05, 0.1) is 7.11 Å². The average Bonchev–Trinajstić information content (AvgIpc) is 2.66. The van der Waals surface area contributed by atoms with Crippen LogP contribution in [-0.4, -0.2) is 43.0 Å². The number of nitrogens with zero attached hydrogens (tertiary/aromatic N) is 2. The Morgan fingerprint density at radius 2 is 1.73 bits per heavy atom. The van der Waals surface area contributed by atoms with Crippen LogP contribution < -0.4 is 9.64 Å². The van der Waals surface area contributed by atoms with Crippen LogP contribution in [0.1, 0.15) is 28.4 Å². The van der Waals surface area contributed by atoms with Gasteiger partial charge in [-0.15, -0.1) is 0 Å². The van der Waals surface area contributed by atoms with Crippen LogP contribution in [0.5, 0.6) is 5.75 Å². The maximum atomic E-state index is 12.9. The van der Waals surface area contributed by atoms with Crippen molar-refractivity contribution in [1.29, 1.82) is 0 Å². The van der Waals surface area contributed by atoms with Crippen molar-refractivity contribution >= 4 is 17.5 Å². The Morgan fingerprint density at radius 3 is 2.35 bits per heavy atom. The predicted octanol–water partition coefficient (Wildman–Crippen LogP) is 3.19. The number of rotatable bonds is 3. The lowest BCUT2D eigenvalue weighted by Gasteiger charge is -2.39. The highest BCUT2D eigenvalue weighted by Gasteiger charge is 2.35. The van der Waals surface area contributed by atoms with Crippen LogP contribution in [0.4, 0.5) is 5.69 Å². The second-order valence-electron chi connectivity index (χ2n) is 6.66. The first-order valence-corrected chi connectivity index (χ1v) is 8.76. The standard InChI is InChI=1S/C21H24N2O3/c1-14-5-8-18(13-15(14)2)23-12-11-22(16(3)20(23)24)21(25)17-6-9-19(26-4)10-7-17/h5-10,13,16H,11-12H2,1-4H3/t16-/m0/s1. The monoisotopic (exact) mass is 352 g/mol. The van der Waals surface area contributed by atoms with Gasteiger partial charge in [-0.1, -0.05) is 6.07 Å². The number of hydrogen-bond donors (Lipinski definition) is 0. The third-order valence-corrected chi connectivity index (χ3v) is 5.06. The molecule has 0 bridgehead atoms. The molecular formula is C21H24N2O3. The second-order valence-corrected chi connectivity index (χ2v) is 6.66. The van der Waals surface area contributed by atoms with Gasteiger partial charge in [0.15, 0.2) is 0 Å². The molecule has 0 saturated carbocycles. The van der Waals surface area contributed by atoms with E-state index in [1.165, 1.54) is 5.56 Å². The summed E-state index contributed by atoms with van der Waals surface area (Å²) in [5.41, 5.74) is 3.80. The SMILES string of the molecule is COc1ccc(C(=O)N2CCN(c3ccc(C)c(C)c3)C(=O)[C@@H]2C)cc1. The summed E-state index contributed by atoms with van der Waals surface area (Å²) in [6.45, 7) is 6.88. The third kappa shape index (κ3) is 3.29. The Labute approximate surface area is 154 Å². The number of piperazine rings is 1. The fourth-order valence-corrected chi connectivity index (χ4v) is 3.20. The molecule has 1 heterocycles. The van der Waals surface area contributed by atoms with Gasteiger partial charge in [0.1, 0.15) is 11.8 Å². The molecule has 26 heavy (non-hydrogen) atoms. The lowest BCUT2D eigenvalue weighted by atomic mass is 10.1. The summed E-state index contributed by atoms with van der Waals surface area (Å²) in [4.78, 5) is 29.1. The van der Waals surface area contributed by atoms with Gasteiger partial charge in [-0.3, -0.25) is 9.59 Å². The zero-order valence-corrected chi connectivity index (χ0v) is 15.7. The van der Waals surface area contributed by atoms with Crippen LogP contribution in [0, 0.1) is 13.8 Å². The first-order chi connectivity index (χ1) is 12.4. The molecule has 1 fully saturated rings. The number of amides is 2. The summed E-state index contributed by atoms with van der Waals surface area (Å²) >= 11 is 0. The van der Waals surface area contributed by atoms with Crippen molar-refractivity contribution in [2.75, 3.05) is 25.1 Å². The highest BCUT2D eigenvalue weighted by atomic mass is 16.5. The molecule has 5 heteroatoms. The normalized spacial score (nSPS) is 17.4. The summed E-state index contributed by atoms with van der Waals surface area (Å²) in [7, 11) is 1.59. The minimum atomic E-state index is -0.500. The first kappa shape index (κ1) is 18.0. The van der Waals surface area contributed by atoms with Gasteiger partial charge in [0, 0.05) is 24.3 Å². The van der Waals surface area contributed by atoms with E-state index in [9.17, 15) is 9.59 Å². The Bertz CT molecular complexity index is 830. The number of ether oxygens (including phenoxy) is 1. The highest BCUT2D eigenvalue weighted by Crippen LogP contribution is 2.24. The Balaban J connectivity index is 1.78. The number of anilines is 1. The molecule has 0 spiro atoms. The average molecular weight is 352 g/mol. The van der Waals surface area contributed by atoms with Gasteiger partial charge in [-0.25, -0.2) is 0 Å². The van der Waals surface area contributed by atoms with Crippen molar-refractivity contribution in [2.24, 2.45) is 0 Å². The quantitative estimate of drug-likeness (QED) is 0.852. The largest absolute Gasteiger partial charge is 0.497 e. The van der Waals surface area contributed by atoms with E-state index < -0.39 is 6.04 Å². The summed E-state index contributed by atoms with van der Waals surface area (Å²) in [6.07, 6.45) is 0. The minimum Gasteiger partial charge on any atom is -0.497 e. The molecule has 136 valence electrons. The van der Waals surface area contributed by atoms with Gasteiger partial charge < -0.3 is 14.5 Å². The molecular weight excluding hydrogens is 328 g/mol. The van der Waals surface area contributed by atoms with Crippen LogP contribution in [0.25, 0.3) is 0 Å². The highest BCUT2D eigenvalue weighted by molar-refractivity contribution is 6.03. The number of benzene rings is 2. The molecule has 2 amide bonds. The van der Waals surface area contributed by atoms with Gasteiger partial charge in [0.25, 0.3) is 5.91 Å². The topological polar surface area (TPSA) is 49.9 Å². The molecule has 0 unspecified atom stereocenters. The molecule has 2 aromatic rings. The van der Waals surface area contributed by atoms with Crippen LogP contribution in [0.3, 0.4) is 0 Å². The number of aryl methyl sites for hydroxylation is 2. The lowest BCUT2D eigenvalue weighted by molar-refractivity contribution is -0.124. The van der Waals surface area contributed by atoms with Crippen LogP contribution in [0.15, 0.2) is 42.5 Å². The van der Waals surface area contributed by atoms with Gasteiger partial charge in [0.2, 0.25) is 5.91 Å². The molecule has 1 aliphatic rings. The second kappa shape index (κ2) is 7.20. The van der Waals surface area contributed by atoms with Crippen molar-refractivity contribution in [3.63, 3.8) is 0 Å². The Kier molecular flexibility index (Phi) is 4.98. The fourth-order valence-electron chi connectivity index (χ4n) is 3.20. The molecule has 0 aliphatic carbocycles. The summed E-state index contributed by atoms with van der Waals surface area (Å²) in [5.74, 6) is 0.514. The van der Waals surface area contributed by atoms with Crippen molar-refractivity contribution in [3.05, 3.63) is 59.2 Å². The Morgan fingerprint density at radius 1 is 1.04 bits per heavy atom. The zero-order valence-electron chi connectivity index (χ0n) is 15.7. The number of methoxy groups -OCH3 is 1. The summed E-state index contributed by atoms with van der Waals surface area (Å²) < 4.78 is 5.13. The number of hydrogen-bond acceptors (Lipinski definition) is 3. The summed E-state index contributed by atoms with van der Waals surface area (Å²) in [5, 5.41) is 0. The first-order valence-electron chi connectivity index (χ1n) is 8.76. The van der Waals surface area contributed by atoms with Gasteiger partial charge in [-0.05, 0) is 68.3 Å². The van der Waals surface area contributed by atoms with Crippen molar-refractivity contribution in [2.45, 2.75) is 26.8 Å². The Hall–Kier alpha value is -2.82. The number of carbonyl (C=O) groups excluding carboxylic acids is 2. The van der Waals surface area contributed by atoms with Crippen molar-refractivity contribution < 1.29 is 14.3 Å². The molecule has 0 aromatic heterocycles. The molecule has 3 rings (SSSR count). The van der Waals surface area contributed by atoms with Crippen molar-refractivity contribution in [3.8, 4) is 5.75 Å². The van der Waals surface area contributed by atoms with E-state index >= 15 is 0 Å². The molecule has 0 N–H and O–H groups in total. The van der Waals surface area contributed by atoms with Crippen LogP contribution >= 0.6 is 0 Å². The van der Waals surface area contributed by atoms with E-state index in [4.69, 9.17) is 4.74 Å². The van der Waals surface area contributed by atoms with Crippen LogP contribution in [0.2, 0.25) is 0 Å². The van der Waals surface area contributed by atoms with E-state index in [0.29, 0.717) is 24.4 Å². The third-order valence-electron chi connectivity index (χ3n) is 5.06. The molecule has 1 aliphatic heterocycles. The number of carbonyl (C=O) groups is 2. The van der Waals surface area contributed by atoms with E-state index in [1.807, 2.05) is 25.1 Å². The zero-order chi connectivity index (χ0) is 18.8. The minimum absolute atomic E-state index is 0.0543. The maximum Gasteiger partial charge on any atom is 0.254 e. The predicted molar refractivity (Wildman–Crippen MR) is 102 cm³/mol. The summed E-state index contributed by atoms with van der Waals surface area (Å²) in [6, 6.07) is 12.5. The molecule has 5 nitrogen and oxygen atoms in total. The van der Waals surface area contributed by atoms with Gasteiger partial charge in [-0.2, -0.15) is 0 Å². The fraction of sp³-hybridized carbons (Fsp3) is 0.333. The van der Waals surface area contributed by atoms with E-state index in [2.05, 4.69) is 6.92 Å². The van der Waals surface area contributed by atoms with E-state index in [-0.39, 0.29) is 11.8 Å². The maximum absolute atomic E-state index is 12.9. The molecule has 2 aromatic carbocycles. The van der Waals surface area contributed by atoms with Crippen molar-refractivity contribution in [1.82, 2.24) is 4.90 Å². The molecule has 0 radical (unpaired) electrons. The van der Waals surface area contributed by atoms with Crippen LogP contribution in [-0.2, 0) is 4.79 Å². The smallest absolute Gasteiger partial charge is 0.254 e. The lowest BCUT2D eigenvalue weighted by Crippen LogP contribution is -2.57. The van der Waals surface area contributed by atoms with Gasteiger partial charge >= 0.3 is 0 Å². The molecule has 1 atom stereocenters. The molecule has 1 saturated heterocycles.